The number of nitrogens with one attached hydrogen (secondary N) is 4. The lowest BCUT2D eigenvalue weighted by atomic mass is 9.90. The van der Waals surface area contributed by atoms with Crippen LogP contribution in [-0.4, -0.2) is 44.8 Å². The van der Waals surface area contributed by atoms with Crippen molar-refractivity contribution in [3.05, 3.63) is 53.8 Å². The first-order chi connectivity index (χ1) is 13.9. The van der Waals surface area contributed by atoms with E-state index in [1.807, 2.05) is 0 Å². The van der Waals surface area contributed by atoms with Crippen molar-refractivity contribution in [1.82, 2.24) is 39.0 Å². The van der Waals surface area contributed by atoms with Crippen LogP contribution in [0.2, 0.25) is 0 Å². The summed E-state index contributed by atoms with van der Waals surface area (Å²) in [5, 5.41) is 0. The third-order valence-corrected chi connectivity index (χ3v) is 4.34. The molecule has 13 nitrogen and oxygen atoms in total. The van der Waals surface area contributed by atoms with Gasteiger partial charge in [0.05, 0.1) is 6.33 Å². The molecule has 0 aliphatic rings. The van der Waals surface area contributed by atoms with Crippen LogP contribution in [0.3, 0.4) is 0 Å². The molecular weight excluding hydrogens is 396 g/mol. The van der Waals surface area contributed by atoms with Crippen molar-refractivity contribution in [3.8, 4) is 0 Å². The largest absolute Gasteiger partial charge is 0.339 e. The van der Waals surface area contributed by atoms with Crippen LogP contribution in [0.5, 0.6) is 0 Å². The number of hydrogen-bond donors (Lipinski definition) is 4. The Hall–Kier alpha value is -4.03. The molecule has 0 bridgehead atoms. The fourth-order valence-corrected chi connectivity index (χ4v) is 2.69. The Kier molecular flexibility index (Phi) is 4.89. The fourth-order valence-electron chi connectivity index (χ4n) is 2.69. The van der Waals surface area contributed by atoms with E-state index in [0.717, 1.165) is 0 Å². The molecule has 4 aromatic heterocycles. The van der Waals surface area contributed by atoms with Gasteiger partial charge in [-0.15, -0.1) is 0 Å². The lowest BCUT2D eigenvalue weighted by molar-refractivity contribution is 0.0844. The third-order valence-electron chi connectivity index (χ3n) is 4.34. The van der Waals surface area contributed by atoms with Crippen LogP contribution < -0.4 is 22.5 Å². The number of fused-ring (bicyclic) bond motifs is 2. The smallest absolute Gasteiger partial charge is 0.329 e. The summed E-state index contributed by atoms with van der Waals surface area (Å²) in [6.45, 7) is 5.30. The summed E-state index contributed by atoms with van der Waals surface area (Å²) in [6.07, 6.45) is 1.37. The van der Waals surface area contributed by atoms with E-state index < -0.39 is 27.9 Å². The average molecular weight is 416 g/mol. The molecule has 0 aliphatic heterocycles. The second-order valence-corrected chi connectivity index (χ2v) is 7.60. The third kappa shape index (κ3) is 3.52. The number of aromatic nitrogens is 8. The summed E-state index contributed by atoms with van der Waals surface area (Å²) < 4.78 is 2.70. The van der Waals surface area contributed by atoms with Crippen molar-refractivity contribution in [3.63, 3.8) is 0 Å². The van der Waals surface area contributed by atoms with Crippen molar-refractivity contribution in [2.75, 3.05) is 0 Å². The number of aryl methyl sites for hydroxylation is 2. The summed E-state index contributed by atoms with van der Waals surface area (Å²) >= 11 is 0. The van der Waals surface area contributed by atoms with Gasteiger partial charge in [-0.3, -0.25) is 33.9 Å². The molecule has 0 saturated heterocycles. The van der Waals surface area contributed by atoms with Crippen molar-refractivity contribution in [2.24, 2.45) is 19.5 Å². The van der Waals surface area contributed by atoms with Gasteiger partial charge in [-0.1, -0.05) is 20.8 Å². The number of hydrogen-bond acceptors (Lipinski definition) is 7. The second kappa shape index (κ2) is 7.09. The molecule has 4 rings (SSSR count). The second-order valence-electron chi connectivity index (χ2n) is 7.60. The van der Waals surface area contributed by atoms with Gasteiger partial charge in [0.1, 0.15) is 11.2 Å². The highest BCUT2D eigenvalue weighted by atomic mass is 16.2. The molecule has 0 spiro atoms. The first-order valence-corrected chi connectivity index (χ1v) is 8.78. The summed E-state index contributed by atoms with van der Waals surface area (Å²) in [5.41, 5.74) is -1.74. The van der Waals surface area contributed by atoms with E-state index in [4.69, 9.17) is 0 Å². The molecule has 0 atom stereocenters. The molecule has 4 N–H and O–H groups in total. The van der Waals surface area contributed by atoms with E-state index in [1.165, 1.54) is 15.5 Å². The van der Waals surface area contributed by atoms with Crippen LogP contribution in [0.4, 0.5) is 0 Å². The van der Waals surface area contributed by atoms with Gasteiger partial charge in [-0.25, -0.2) is 19.6 Å². The van der Waals surface area contributed by atoms with E-state index in [0.29, 0.717) is 11.2 Å². The predicted molar refractivity (Wildman–Crippen MR) is 108 cm³/mol. The zero-order valence-corrected chi connectivity index (χ0v) is 16.9. The Morgan fingerprint density at radius 1 is 0.967 bits per heavy atom. The van der Waals surface area contributed by atoms with Gasteiger partial charge in [-0.05, 0) is 0 Å². The molecule has 13 heteroatoms. The number of ketones is 1. The van der Waals surface area contributed by atoms with Gasteiger partial charge in [0, 0.05) is 19.5 Å². The minimum Gasteiger partial charge on any atom is -0.339 e. The molecule has 0 fully saturated rings. The van der Waals surface area contributed by atoms with E-state index in [2.05, 4.69) is 29.9 Å². The number of H-pyrrole nitrogens is 4. The molecule has 4 aromatic rings. The molecule has 0 saturated carbocycles. The summed E-state index contributed by atoms with van der Waals surface area (Å²) in [5.74, 6) is -0.0358. The van der Waals surface area contributed by atoms with Crippen LogP contribution in [0, 0.1) is 5.41 Å². The molecule has 30 heavy (non-hydrogen) atoms. The highest BCUT2D eigenvalue weighted by Crippen LogP contribution is 2.21. The summed E-state index contributed by atoms with van der Waals surface area (Å²) in [7, 11) is 3.13. The molecule has 158 valence electrons. The standard InChI is InChI=1S/C11H14N4O3.C6H6N4O2/c1-11(2,3)6(16)8-12-5-7(15(8)4)13-10(18)14-9(5)17;1-10-4-3(7-2-8-4)5(11)9-6(10)12/h1-4H3,(H2,13,14,17,18);2H,1H3,(H,7,8)(H,9,11,12). The van der Waals surface area contributed by atoms with Crippen LogP contribution in [0.1, 0.15) is 31.4 Å². The first kappa shape index (κ1) is 20.7. The minimum absolute atomic E-state index is 0.0599. The molecule has 0 amide bonds. The predicted octanol–water partition coefficient (Wildman–Crippen LogP) is -0.871. The Labute approximate surface area is 166 Å². The number of nitrogens with zero attached hydrogens (tertiary/aromatic N) is 4. The van der Waals surface area contributed by atoms with E-state index >= 15 is 0 Å². The van der Waals surface area contributed by atoms with E-state index in [1.54, 1.807) is 34.9 Å². The van der Waals surface area contributed by atoms with Crippen molar-refractivity contribution >= 4 is 28.1 Å². The Morgan fingerprint density at radius 2 is 1.63 bits per heavy atom. The molecular formula is C17H20N8O5. The number of aromatic amines is 4. The van der Waals surface area contributed by atoms with Gasteiger partial charge in [-0.2, -0.15) is 0 Å². The molecule has 0 radical (unpaired) electrons. The van der Waals surface area contributed by atoms with E-state index in [-0.39, 0.29) is 22.8 Å². The fraction of sp³-hybridized carbons (Fsp3) is 0.353. The van der Waals surface area contributed by atoms with Gasteiger partial charge in [0.15, 0.2) is 17.0 Å². The van der Waals surface area contributed by atoms with Crippen molar-refractivity contribution in [2.45, 2.75) is 20.8 Å². The summed E-state index contributed by atoms with van der Waals surface area (Å²) in [4.78, 5) is 74.2. The highest BCUT2D eigenvalue weighted by molar-refractivity contribution is 5.99. The Balaban J connectivity index is 0.000000184. The van der Waals surface area contributed by atoms with Gasteiger partial charge >= 0.3 is 11.4 Å². The van der Waals surface area contributed by atoms with Crippen LogP contribution in [0.15, 0.2) is 25.5 Å². The zero-order valence-electron chi connectivity index (χ0n) is 16.9. The zero-order chi connectivity index (χ0) is 22.4. The van der Waals surface area contributed by atoms with Crippen LogP contribution in [-0.2, 0) is 14.1 Å². The monoisotopic (exact) mass is 416 g/mol. The number of Topliss-reactive ketones (excluding diaryl/α,β-unsaturated/α-hetero) is 1. The number of imidazole rings is 2. The maximum Gasteiger partial charge on any atom is 0.329 e. The first-order valence-electron chi connectivity index (χ1n) is 8.78. The summed E-state index contributed by atoms with van der Waals surface area (Å²) in [6, 6.07) is 0. The molecule has 4 heterocycles. The lowest BCUT2D eigenvalue weighted by Crippen LogP contribution is -2.28. The number of rotatable bonds is 1. The van der Waals surface area contributed by atoms with Gasteiger partial charge < -0.3 is 9.55 Å². The van der Waals surface area contributed by atoms with Gasteiger partial charge in [0.25, 0.3) is 11.1 Å². The Bertz CT molecular complexity index is 1500. The molecule has 0 aliphatic carbocycles. The SMILES string of the molecule is Cn1c(=O)[nH]c(=O)c2[nH]cnc21.Cn1c(C(=O)C(C)(C)C)nc2c(=O)[nH]c(=O)[nH]c21. The van der Waals surface area contributed by atoms with Crippen molar-refractivity contribution < 1.29 is 4.79 Å². The van der Waals surface area contributed by atoms with E-state index in [9.17, 15) is 24.0 Å². The molecule has 0 unspecified atom stereocenters. The number of carbonyl (C=O) groups excluding carboxylic acids is 1. The van der Waals surface area contributed by atoms with Gasteiger partial charge in [0.2, 0.25) is 5.78 Å². The average Bonchev–Trinajstić information content (AvgIpc) is 3.25. The maximum atomic E-state index is 12.2. The molecule has 0 aromatic carbocycles. The van der Waals surface area contributed by atoms with Crippen molar-refractivity contribution in [1.29, 1.82) is 0 Å². The lowest BCUT2D eigenvalue weighted by Gasteiger charge is -2.15. The normalized spacial score (nSPS) is 11.5. The maximum absolute atomic E-state index is 12.2. The van der Waals surface area contributed by atoms with Crippen LogP contribution >= 0.6 is 0 Å². The quantitative estimate of drug-likeness (QED) is 0.290. The Morgan fingerprint density at radius 3 is 2.27 bits per heavy atom. The minimum atomic E-state index is -0.620. The number of carbonyl (C=O) groups is 1. The van der Waals surface area contributed by atoms with Crippen LogP contribution in [0.25, 0.3) is 22.3 Å². The topological polar surface area (TPSA) is 184 Å². The highest BCUT2D eigenvalue weighted by Gasteiger charge is 2.28.